The van der Waals surface area contributed by atoms with Crippen molar-refractivity contribution in [1.29, 1.82) is 0 Å². The van der Waals surface area contributed by atoms with Gasteiger partial charge in [-0.1, -0.05) is 19.0 Å². The van der Waals surface area contributed by atoms with Crippen LogP contribution >= 0.6 is 0 Å². The minimum absolute atomic E-state index is 0.0245. The second-order valence-electron chi connectivity index (χ2n) is 7.46. The largest absolute Gasteiger partial charge is 0.339 e. The third-order valence-corrected chi connectivity index (χ3v) is 5.26. The predicted molar refractivity (Wildman–Crippen MR) is 91.7 cm³/mol. The average Bonchev–Trinajstić information content (AvgIpc) is 3.24. The summed E-state index contributed by atoms with van der Waals surface area (Å²) in [5.41, 5.74) is 0. The first kappa shape index (κ1) is 17.9. The van der Waals surface area contributed by atoms with Crippen LogP contribution in [-0.4, -0.2) is 50.9 Å². The van der Waals surface area contributed by atoms with Gasteiger partial charge in [0.1, 0.15) is 0 Å². The zero-order valence-corrected chi connectivity index (χ0v) is 15.4. The van der Waals surface area contributed by atoms with Crippen molar-refractivity contribution in [1.82, 2.24) is 19.9 Å². The number of piperidine rings is 1. The van der Waals surface area contributed by atoms with Gasteiger partial charge in [0, 0.05) is 38.4 Å². The summed E-state index contributed by atoms with van der Waals surface area (Å²) in [5.74, 6) is 1.57. The molecule has 7 heteroatoms. The van der Waals surface area contributed by atoms with Gasteiger partial charge < -0.3 is 14.3 Å². The number of rotatable bonds is 4. The van der Waals surface area contributed by atoms with E-state index in [0.717, 1.165) is 45.2 Å². The standard InChI is InChI=1S/C18H28N4O3/c1-12(2)18-19-17(20-25-18)15-8-6-10-22(15)16(24)11-14-7-4-5-9-21(14)13(3)23/h12,14-15H,4-11H2,1-3H3/t14-,15+/m0/s1. The van der Waals surface area contributed by atoms with Crippen LogP contribution in [0.15, 0.2) is 4.52 Å². The van der Waals surface area contributed by atoms with Gasteiger partial charge in [0.2, 0.25) is 17.7 Å². The lowest BCUT2D eigenvalue weighted by Gasteiger charge is -2.36. The zero-order chi connectivity index (χ0) is 18.0. The number of likely N-dealkylation sites (tertiary alicyclic amines) is 2. The molecule has 2 aliphatic heterocycles. The van der Waals surface area contributed by atoms with E-state index in [1.807, 2.05) is 23.6 Å². The Labute approximate surface area is 148 Å². The molecule has 0 spiro atoms. The minimum Gasteiger partial charge on any atom is -0.339 e. The summed E-state index contributed by atoms with van der Waals surface area (Å²) in [7, 11) is 0. The van der Waals surface area contributed by atoms with E-state index < -0.39 is 0 Å². The monoisotopic (exact) mass is 348 g/mol. The molecule has 0 aliphatic carbocycles. The topological polar surface area (TPSA) is 79.5 Å². The Bertz CT molecular complexity index is 628. The predicted octanol–water partition coefficient (Wildman–Crippen LogP) is 2.65. The lowest BCUT2D eigenvalue weighted by atomic mass is 9.98. The Morgan fingerprint density at radius 1 is 1.16 bits per heavy atom. The lowest BCUT2D eigenvalue weighted by Crippen LogP contribution is -2.45. The number of aromatic nitrogens is 2. The lowest BCUT2D eigenvalue weighted by molar-refractivity contribution is -0.137. The van der Waals surface area contributed by atoms with Crippen LogP contribution in [0.4, 0.5) is 0 Å². The van der Waals surface area contributed by atoms with E-state index >= 15 is 0 Å². The van der Waals surface area contributed by atoms with Crippen molar-refractivity contribution in [2.24, 2.45) is 0 Å². The van der Waals surface area contributed by atoms with E-state index in [-0.39, 0.29) is 29.8 Å². The molecule has 2 aliphatic rings. The summed E-state index contributed by atoms with van der Waals surface area (Å²) in [4.78, 5) is 33.0. The van der Waals surface area contributed by atoms with Crippen molar-refractivity contribution in [3.05, 3.63) is 11.7 Å². The molecular formula is C18H28N4O3. The number of amides is 2. The first-order valence-corrected chi connectivity index (χ1v) is 9.37. The molecule has 2 atom stereocenters. The average molecular weight is 348 g/mol. The Balaban J connectivity index is 1.68. The molecule has 2 saturated heterocycles. The highest BCUT2D eigenvalue weighted by atomic mass is 16.5. The van der Waals surface area contributed by atoms with Crippen molar-refractivity contribution >= 4 is 11.8 Å². The Morgan fingerprint density at radius 2 is 1.92 bits per heavy atom. The van der Waals surface area contributed by atoms with E-state index in [0.29, 0.717) is 18.1 Å². The van der Waals surface area contributed by atoms with E-state index in [4.69, 9.17) is 4.52 Å². The quantitative estimate of drug-likeness (QED) is 0.836. The third-order valence-electron chi connectivity index (χ3n) is 5.26. The van der Waals surface area contributed by atoms with Crippen molar-refractivity contribution in [2.45, 2.75) is 77.3 Å². The first-order chi connectivity index (χ1) is 12.0. The van der Waals surface area contributed by atoms with E-state index in [9.17, 15) is 9.59 Å². The summed E-state index contributed by atoms with van der Waals surface area (Å²) in [6.45, 7) is 7.10. The number of carbonyl (C=O) groups excluding carboxylic acids is 2. The molecule has 0 N–H and O–H groups in total. The van der Waals surface area contributed by atoms with Crippen molar-refractivity contribution < 1.29 is 14.1 Å². The van der Waals surface area contributed by atoms with Crippen LogP contribution in [0, 0.1) is 0 Å². The molecule has 1 aromatic rings. The van der Waals surface area contributed by atoms with Crippen molar-refractivity contribution in [3.8, 4) is 0 Å². The molecule has 2 amide bonds. The summed E-state index contributed by atoms with van der Waals surface area (Å²) >= 11 is 0. The fraction of sp³-hybridized carbons (Fsp3) is 0.778. The normalized spacial score (nSPS) is 24.2. The highest BCUT2D eigenvalue weighted by Crippen LogP contribution is 2.32. The number of hydrogen-bond donors (Lipinski definition) is 0. The molecule has 0 aromatic carbocycles. The summed E-state index contributed by atoms with van der Waals surface area (Å²) < 4.78 is 5.31. The van der Waals surface area contributed by atoms with E-state index in [1.54, 1.807) is 6.92 Å². The molecule has 0 unspecified atom stereocenters. The zero-order valence-electron chi connectivity index (χ0n) is 15.4. The molecule has 3 heterocycles. The van der Waals surface area contributed by atoms with Gasteiger partial charge >= 0.3 is 0 Å². The van der Waals surface area contributed by atoms with Crippen LogP contribution in [0.3, 0.4) is 0 Å². The Hall–Kier alpha value is -1.92. The maximum atomic E-state index is 12.9. The van der Waals surface area contributed by atoms with Gasteiger partial charge in [0.25, 0.3) is 0 Å². The molecule has 25 heavy (non-hydrogen) atoms. The molecule has 0 bridgehead atoms. The van der Waals surface area contributed by atoms with E-state index in [2.05, 4.69) is 10.1 Å². The van der Waals surface area contributed by atoms with Crippen molar-refractivity contribution in [2.75, 3.05) is 13.1 Å². The van der Waals surface area contributed by atoms with Gasteiger partial charge in [-0.3, -0.25) is 9.59 Å². The highest BCUT2D eigenvalue weighted by molar-refractivity contribution is 5.79. The summed E-state index contributed by atoms with van der Waals surface area (Å²) in [6, 6.07) is -0.0744. The summed E-state index contributed by atoms with van der Waals surface area (Å²) in [6.07, 6.45) is 5.21. The fourth-order valence-electron chi connectivity index (χ4n) is 3.90. The van der Waals surface area contributed by atoms with Crippen LogP contribution in [-0.2, 0) is 9.59 Å². The number of carbonyl (C=O) groups is 2. The van der Waals surface area contributed by atoms with Gasteiger partial charge in [0.15, 0.2) is 5.82 Å². The van der Waals surface area contributed by atoms with Gasteiger partial charge in [-0.25, -0.2) is 0 Å². The summed E-state index contributed by atoms with van der Waals surface area (Å²) in [5, 5.41) is 4.10. The van der Waals surface area contributed by atoms with Crippen LogP contribution in [0.25, 0.3) is 0 Å². The number of nitrogens with zero attached hydrogens (tertiary/aromatic N) is 4. The van der Waals surface area contributed by atoms with Gasteiger partial charge in [0.05, 0.1) is 6.04 Å². The van der Waals surface area contributed by atoms with E-state index in [1.165, 1.54) is 0 Å². The maximum Gasteiger partial charge on any atom is 0.229 e. The number of hydrogen-bond acceptors (Lipinski definition) is 5. The second-order valence-corrected chi connectivity index (χ2v) is 7.46. The van der Waals surface area contributed by atoms with Gasteiger partial charge in [-0.2, -0.15) is 4.98 Å². The maximum absolute atomic E-state index is 12.9. The molecular weight excluding hydrogens is 320 g/mol. The Morgan fingerprint density at radius 3 is 2.60 bits per heavy atom. The smallest absolute Gasteiger partial charge is 0.229 e. The van der Waals surface area contributed by atoms with Gasteiger partial charge in [-0.05, 0) is 32.1 Å². The fourth-order valence-corrected chi connectivity index (χ4v) is 3.90. The molecule has 1 aromatic heterocycles. The van der Waals surface area contributed by atoms with Crippen LogP contribution in [0.2, 0.25) is 0 Å². The van der Waals surface area contributed by atoms with Crippen molar-refractivity contribution in [3.63, 3.8) is 0 Å². The molecule has 7 nitrogen and oxygen atoms in total. The van der Waals surface area contributed by atoms with Crippen LogP contribution in [0.5, 0.6) is 0 Å². The first-order valence-electron chi connectivity index (χ1n) is 9.37. The molecule has 2 fully saturated rings. The van der Waals surface area contributed by atoms with Gasteiger partial charge in [-0.15, -0.1) is 0 Å². The second kappa shape index (κ2) is 7.54. The third kappa shape index (κ3) is 3.85. The SMILES string of the molecule is CC(=O)N1CCCC[C@H]1CC(=O)N1CCC[C@@H]1c1noc(C(C)C)n1. The minimum atomic E-state index is -0.0990. The van der Waals surface area contributed by atoms with Crippen LogP contribution < -0.4 is 0 Å². The highest BCUT2D eigenvalue weighted by Gasteiger charge is 2.36. The molecule has 0 saturated carbocycles. The molecule has 0 radical (unpaired) electrons. The Kier molecular flexibility index (Phi) is 5.39. The molecule has 138 valence electrons. The molecule has 3 rings (SSSR count). The van der Waals surface area contributed by atoms with Crippen LogP contribution in [0.1, 0.15) is 83.0 Å².